The molecule has 0 aliphatic heterocycles. The van der Waals surface area contributed by atoms with Crippen molar-refractivity contribution in [1.29, 1.82) is 5.26 Å². The SMILES string of the molecule is CC.CCC.CCOc1ccc(C#N)c(OCC(C)(C)CC)c1. The Hall–Kier alpha value is -1.69. The molecular weight excluding hydrogens is 286 g/mol. The van der Waals surface area contributed by atoms with Crippen LogP contribution in [0.1, 0.15) is 73.8 Å². The Bertz CT molecular complexity index is 447. The van der Waals surface area contributed by atoms with Crippen LogP contribution in [0.3, 0.4) is 0 Å². The van der Waals surface area contributed by atoms with Crippen LogP contribution in [0.2, 0.25) is 0 Å². The minimum Gasteiger partial charge on any atom is -0.494 e. The molecule has 0 saturated heterocycles. The number of benzene rings is 1. The van der Waals surface area contributed by atoms with E-state index in [0.29, 0.717) is 24.5 Å². The van der Waals surface area contributed by atoms with E-state index < -0.39 is 0 Å². The van der Waals surface area contributed by atoms with E-state index >= 15 is 0 Å². The van der Waals surface area contributed by atoms with Crippen LogP contribution in [-0.4, -0.2) is 13.2 Å². The van der Waals surface area contributed by atoms with Gasteiger partial charge in [0.25, 0.3) is 0 Å². The van der Waals surface area contributed by atoms with Crippen molar-refractivity contribution in [3.63, 3.8) is 0 Å². The van der Waals surface area contributed by atoms with E-state index in [2.05, 4.69) is 40.7 Å². The van der Waals surface area contributed by atoms with Crippen LogP contribution in [0.5, 0.6) is 11.5 Å². The maximum Gasteiger partial charge on any atom is 0.140 e. The molecule has 0 spiro atoms. The van der Waals surface area contributed by atoms with E-state index in [1.807, 2.05) is 20.8 Å². The predicted molar refractivity (Wildman–Crippen MR) is 99.2 cm³/mol. The van der Waals surface area contributed by atoms with Crippen molar-refractivity contribution in [2.75, 3.05) is 13.2 Å². The summed E-state index contributed by atoms with van der Waals surface area (Å²) < 4.78 is 11.2. The zero-order chi connectivity index (χ0) is 18.3. The summed E-state index contributed by atoms with van der Waals surface area (Å²) in [7, 11) is 0. The highest BCUT2D eigenvalue weighted by molar-refractivity contribution is 5.47. The summed E-state index contributed by atoms with van der Waals surface area (Å²) in [6.45, 7) is 17.8. The molecule has 0 aliphatic carbocycles. The highest BCUT2D eigenvalue weighted by Gasteiger charge is 2.17. The molecule has 1 rings (SSSR count). The lowest BCUT2D eigenvalue weighted by molar-refractivity contribution is 0.174. The third kappa shape index (κ3) is 10.6. The van der Waals surface area contributed by atoms with Gasteiger partial charge in [0.05, 0.1) is 18.8 Å². The summed E-state index contributed by atoms with van der Waals surface area (Å²) in [5, 5.41) is 9.06. The first-order valence-electron chi connectivity index (χ1n) is 8.73. The number of rotatable bonds is 6. The van der Waals surface area contributed by atoms with Gasteiger partial charge in [-0.1, -0.05) is 54.9 Å². The number of ether oxygens (including phenoxy) is 2. The van der Waals surface area contributed by atoms with E-state index in [1.165, 1.54) is 6.42 Å². The molecule has 3 nitrogen and oxygen atoms in total. The third-order valence-corrected chi connectivity index (χ3v) is 2.96. The van der Waals surface area contributed by atoms with Gasteiger partial charge in [0, 0.05) is 6.07 Å². The van der Waals surface area contributed by atoms with Crippen LogP contribution in [0.15, 0.2) is 18.2 Å². The molecule has 0 heterocycles. The summed E-state index contributed by atoms with van der Waals surface area (Å²) in [4.78, 5) is 0. The van der Waals surface area contributed by atoms with Crippen molar-refractivity contribution in [1.82, 2.24) is 0 Å². The zero-order valence-corrected chi connectivity index (χ0v) is 16.3. The number of hydrogen-bond donors (Lipinski definition) is 0. The quantitative estimate of drug-likeness (QED) is 0.625. The Morgan fingerprint density at radius 1 is 1.04 bits per heavy atom. The largest absolute Gasteiger partial charge is 0.494 e. The van der Waals surface area contributed by atoms with Gasteiger partial charge < -0.3 is 9.47 Å². The molecular formula is C20H35NO2. The van der Waals surface area contributed by atoms with Gasteiger partial charge in [-0.3, -0.25) is 0 Å². The molecule has 0 unspecified atom stereocenters. The molecule has 0 aromatic heterocycles. The first-order valence-corrected chi connectivity index (χ1v) is 8.73. The molecule has 3 heteroatoms. The van der Waals surface area contributed by atoms with Crippen molar-refractivity contribution < 1.29 is 9.47 Å². The Morgan fingerprint density at radius 2 is 1.61 bits per heavy atom. The van der Waals surface area contributed by atoms with Gasteiger partial charge in [-0.25, -0.2) is 0 Å². The van der Waals surface area contributed by atoms with Gasteiger partial charge in [0.15, 0.2) is 0 Å². The van der Waals surface area contributed by atoms with E-state index in [-0.39, 0.29) is 5.41 Å². The van der Waals surface area contributed by atoms with Crippen molar-refractivity contribution >= 4 is 0 Å². The summed E-state index contributed by atoms with van der Waals surface area (Å²) >= 11 is 0. The normalized spacial score (nSPS) is 9.52. The first kappa shape index (κ1) is 23.6. The highest BCUT2D eigenvalue weighted by Crippen LogP contribution is 2.27. The molecule has 1 aromatic carbocycles. The molecule has 23 heavy (non-hydrogen) atoms. The van der Waals surface area contributed by atoms with Crippen LogP contribution in [0.4, 0.5) is 0 Å². The zero-order valence-electron chi connectivity index (χ0n) is 16.3. The standard InChI is InChI=1S/C15H21NO2.C3H8.C2H6/c1-5-15(3,4)11-18-14-9-13(17-6-2)8-7-12(14)10-16;1-3-2;1-2/h7-9H,5-6,11H2,1-4H3;3H2,1-2H3;1-2H3. The molecule has 0 amide bonds. The second kappa shape index (κ2) is 13.9. The van der Waals surface area contributed by atoms with Crippen LogP contribution < -0.4 is 9.47 Å². The molecule has 0 fully saturated rings. The molecule has 0 radical (unpaired) electrons. The Labute approximate surface area is 143 Å². The average molecular weight is 322 g/mol. The fraction of sp³-hybridized carbons (Fsp3) is 0.650. The Balaban J connectivity index is 0. The van der Waals surface area contributed by atoms with Gasteiger partial charge >= 0.3 is 0 Å². The van der Waals surface area contributed by atoms with Crippen LogP contribution >= 0.6 is 0 Å². The van der Waals surface area contributed by atoms with Crippen LogP contribution in [-0.2, 0) is 0 Å². The fourth-order valence-corrected chi connectivity index (χ4v) is 1.35. The Kier molecular flexibility index (Phi) is 14.3. The maximum atomic E-state index is 9.06. The summed E-state index contributed by atoms with van der Waals surface area (Å²) in [5.74, 6) is 1.34. The Morgan fingerprint density at radius 3 is 2.04 bits per heavy atom. The highest BCUT2D eigenvalue weighted by atomic mass is 16.5. The smallest absolute Gasteiger partial charge is 0.140 e. The maximum absolute atomic E-state index is 9.06. The van der Waals surface area contributed by atoms with E-state index in [9.17, 15) is 0 Å². The molecule has 0 bridgehead atoms. The summed E-state index contributed by atoms with van der Waals surface area (Å²) in [6, 6.07) is 7.45. The lowest BCUT2D eigenvalue weighted by atomic mass is 9.92. The minimum absolute atomic E-state index is 0.105. The van der Waals surface area contributed by atoms with E-state index in [4.69, 9.17) is 14.7 Å². The van der Waals surface area contributed by atoms with Crippen molar-refractivity contribution in [2.24, 2.45) is 5.41 Å². The lowest BCUT2D eigenvalue weighted by Crippen LogP contribution is -2.20. The molecule has 1 aromatic rings. The van der Waals surface area contributed by atoms with Crippen LogP contribution in [0, 0.1) is 16.7 Å². The van der Waals surface area contributed by atoms with Gasteiger partial charge in [-0.15, -0.1) is 0 Å². The molecule has 0 aliphatic rings. The van der Waals surface area contributed by atoms with Crippen molar-refractivity contribution in [3.8, 4) is 17.6 Å². The van der Waals surface area contributed by atoms with Gasteiger partial charge in [-0.2, -0.15) is 5.26 Å². The van der Waals surface area contributed by atoms with Gasteiger partial charge in [0.1, 0.15) is 17.6 Å². The fourth-order valence-electron chi connectivity index (χ4n) is 1.35. The van der Waals surface area contributed by atoms with E-state index in [1.54, 1.807) is 18.2 Å². The van der Waals surface area contributed by atoms with Gasteiger partial charge in [-0.05, 0) is 30.9 Å². The monoisotopic (exact) mass is 321 g/mol. The average Bonchev–Trinajstić information content (AvgIpc) is 2.56. The number of hydrogen-bond acceptors (Lipinski definition) is 3. The second-order valence-corrected chi connectivity index (χ2v) is 5.72. The third-order valence-electron chi connectivity index (χ3n) is 2.96. The second-order valence-electron chi connectivity index (χ2n) is 5.72. The predicted octanol–water partition coefficient (Wildman–Crippen LogP) is 6.21. The summed E-state index contributed by atoms with van der Waals surface area (Å²) in [6.07, 6.45) is 2.28. The molecule has 0 atom stereocenters. The van der Waals surface area contributed by atoms with E-state index in [0.717, 1.165) is 12.2 Å². The molecule has 0 N–H and O–H groups in total. The minimum atomic E-state index is 0.105. The van der Waals surface area contributed by atoms with Gasteiger partial charge in [0.2, 0.25) is 0 Å². The number of nitrogens with zero attached hydrogens (tertiary/aromatic N) is 1. The summed E-state index contributed by atoms with van der Waals surface area (Å²) in [5.41, 5.74) is 0.652. The van der Waals surface area contributed by atoms with Crippen LogP contribution in [0.25, 0.3) is 0 Å². The molecule has 132 valence electrons. The molecule has 0 saturated carbocycles. The topological polar surface area (TPSA) is 42.2 Å². The lowest BCUT2D eigenvalue weighted by Gasteiger charge is -2.23. The van der Waals surface area contributed by atoms with Crippen molar-refractivity contribution in [3.05, 3.63) is 23.8 Å². The number of nitriles is 1. The first-order chi connectivity index (χ1) is 10.9. The van der Waals surface area contributed by atoms with Crippen molar-refractivity contribution in [2.45, 2.75) is 68.2 Å².